The van der Waals surface area contributed by atoms with E-state index in [4.69, 9.17) is 20.2 Å². The number of nitrogens with zero attached hydrogens (tertiary/aromatic N) is 3. The SMILES string of the molecule is COc1ccc(N(C)c2nc(NCCOC(=O)C(N)CCSC)nc3ccccc23)cc1. The summed E-state index contributed by atoms with van der Waals surface area (Å²) in [6, 6.07) is 15.0. The van der Waals surface area contributed by atoms with Crippen LogP contribution in [0.3, 0.4) is 0 Å². The molecule has 0 bridgehead atoms. The maximum Gasteiger partial charge on any atom is 0.323 e. The largest absolute Gasteiger partial charge is 0.497 e. The van der Waals surface area contributed by atoms with Gasteiger partial charge >= 0.3 is 5.97 Å². The van der Waals surface area contributed by atoms with Crippen molar-refractivity contribution in [3.63, 3.8) is 0 Å². The van der Waals surface area contributed by atoms with Gasteiger partial charge in [0.25, 0.3) is 0 Å². The van der Waals surface area contributed by atoms with Crippen LogP contribution in [0.5, 0.6) is 5.75 Å². The summed E-state index contributed by atoms with van der Waals surface area (Å²) in [5.41, 5.74) is 7.62. The number of carbonyl (C=O) groups excluding carboxylic acids is 1. The number of para-hydroxylation sites is 1. The molecule has 0 radical (unpaired) electrons. The Kier molecular flexibility index (Phi) is 8.52. The van der Waals surface area contributed by atoms with Crippen molar-refractivity contribution in [3.05, 3.63) is 48.5 Å². The van der Waals surface area contributed by atoms with Crippen LogP contribution in [0.4, 0.5) is 17.5 Å². The summed E-state index contributed by atoms with van der Waals surface area (Å²) < 4.78 is 10.5. The number of ether oxygens (including phenoxy) is 2. The number of nitrogens with one attached hydrogen (secondary N) is 1. The minimum Gasteiger partial charge on any atom is -0.497 e. The van der Waals surface area contributed by atoms with Crippen molar-refractivity contribution in [1.29, 1.82) is 0 Å². The molecule has 3 rings (SSSR count). The number of nitrogens with two attached hydrogens (primary N) is 1. The van der Waals surface area contributed by atoms with E-state index in [-0.39, 0.29) is 12.6 Å². The normalized spacial score (nSPS) is 11.8. The van der Waals surface area contributed by atoms with Gasteiger partial charge in [-0.1, -0.05) is 12.1 Å². The zero-order valence-electron chi connectivity index (χ0n) is 18.6. The van der Waals surface area contributed by atoms with Crippen LogP contribution < -0.4 is 20.7 Å². The quantitative estimate of drug-likeness (QED) is 0.332. The minimum atomic E-state index is -0.593. The molecule has 8 nitrogen and oxygen atoms in total. The van der Waals surface area contributed by atoms with Crippen LogP contribution in [0.1, 0.15) is 6.42 Å². The van der Waals surface area contributed by atoms with Gasteiger partial charge in [-0.15, -0.1) is 0 Å². The Morgan fingerprint density at radius 1 is 1.19 bits per heavy atom. The predicted octanol–water partition coefficient (Wildman–Crippen LogP) is 3.44. The first-order valence-corrected chi connectivity index (χ1v) is 11.7. The Balaban J connectivity index is 1.71. The minimum absolute atomic E-state index is 0.186. The molecule has 0 saturated carbocycles. The lowest BCUT2D eigenvalue weighted by atomic mass is 10.2. The first-order chi connectivity index (χ1) is 15.5. The third-order valence-electron chi connectivity index (χ3n) is 4.93. The van der Waals surface area contributed by atoms with Gasteiger partial charge in [-0.2, -0.15) is 16.7 Å². The fraction of sp³-hybridized carbons (Fsp3) is 0.348. The molecule has 1 unspecified atom stereocenters. The summed E-state index contributed by atoms with van der Waals surface area (Å²) in [7, 11) is 3.60. The van der Waals surface area contributed by atoms with Crippen LogP contribution in [0.25, 0.3) is 10.9 Å². The molecule has 0 aliphatic carbocycles. The molecular formula is C23H29N5O3S. The highest BCUT2D eigenvalue weighted by Gasteiger charge is 2.15. The van der Waals surface area contributed by atoms with Crippen LogP contribution in [0, 0.1) is 0 Å². The van der Waals surface area contributed by atoms with Crippen LogP contribution in [-0.2, 0) is 9.53 Å². The lowest BCUT2D eigenvalue weighted by molar-refractivity contribution is -0.144. The number of thioether (sulfide) groups is 1. The Labute approximate surface area is 192 Å². The highest BCUT2D eigenvalue weighted by atomic mass is 32.2. The van der Waals surface area contributed by atoms with Gasteiger partial charge in [-0.05, 0) is 54.8 Å². The molecule has 1 heterocycles. The van der Waals surface area contributed by atoms with Crippen LogP contribution in [-0.4, -0.2) is 61.3 Å². The van der Waals surface area contributed by atoms with Crippen molar-refractivity contribution in [2.75, 3.05) is 49.5 Å². The van der Waals surface area contributed by atoms with E-state index < -0.39 is 6.04 Å². The Hall–Kier alpha value is -3.04. The lowest BCUT2D eigenvalue weighted by Gasteiger charge is -2.21. The predicted molar refractivity (Wildman–Crippen MR) is 131 cm³/mol. The van der Waals surface area contributed by atoms with Gasteiger partial charge in [0.05, 0.1) is 19.2 Å². The molecule has 9 heteroatoms. The monoisotopic (exact) mass is 455 g/mol. The summed E-state index contributed by atoms with van der Waals surface area (Å²) in [5, 5.41) is 4.08. The molecule has 32 heavy (non-hydrogen) atoms. The van der Waals surface area contributed by atoms with Gasteiger partial charge < -0.3 is 25.4 Å². The van der Waals surface area contributed by atoms with E-state index in [0.29, 0.717) is 18.9 Å². The highest BCUT2D eigenvalue weighted by Crippen LogP contribution is 2.30. The Morgan fingerprint density at radius 3 is 2.66 bits per heavy atom. The number of rotatable bonds is 11. The molecule has 0 aliphatic heterocycles. The molecule has 2 aromatic carbocycles. The summed E-state index contributed by atoms with van der Waals surface area (Å²) in [4.78, 5) is 23.3. The number of hydrogen-bond donors (Lipinski definition) is 2. The molecule has 0 saturated heterocycles. The van der Waals surface area contributed by atoms with Crippen molar-refractivity contribution in [2.45, 2.75) is 12.5 Å². The van der Waals surface area contributed by atoms with Gasteiger partial charge in [0.1, 0.15) is 24.2 Å². The zero-order chi connectivity index (χ0) is 22.9. The topological polar surface area (TPSA) is 103 Å². The van der Waals surface area contributed by atoms with Gasteiger partial charge in [0, 0.05) is 18.1 Å². The highest BCUT2D eigenvalue weighted by molar-refractivity contribution is 7.98. The molecular weight excluding hydrogens is 426 g/mol. The molecule has 0 aliphatic rings. The Morgan fingerprint density at radius 2 is 1.94 bits per heavy atom. The van der Waals surface area contributed by atoms with E-state index >= 15 is 0 Å². The number of fused-ring (bicyclic) bond motifs is 1. The van der Waals surface area contributed by atoms with E-state index in [1.807, 2.05) is 66.7 Å². The van der Waals surface area contributed by atoms with Gasteiger partial charge in [0.2, 0.25) is 5.95 Å². The smallest absolute Gasteiger partial charge is 0.323 e. The summed E-state index contributed by atoms with van der Waals surface area (Å²) >= 11 is 1.65. The van der Waals surface area contributed by atoms with E-state index in [1.54, 1.807) is 18.9 Å². The maximum absolute atomic E-state index is 11.9. The average Bonchev–Trinajstić information content (AvgIpc) is 2.84. The van der Waals surface area contributed by atoms with E-state index in [2.05, 4.69) is 10.3 Å². The molecule has 0 fully saturated rings. The second-order valence-electron chi connectivity index (χ2n) is 7.13. The maximum atomic E-state index is 11.9. The fourth-order valence-electron chi connectivity index (χ4n) is 3.11. The molecule has 3 aromatic rings. The molecule has 0 spiro atoms. The van der Waals surface area contributed by atoms with Crippen molar-refractivity contribution in [2.24, 2.45) is 5.73 Å². The van der Waals surface area contributed by atoms with E-state index in [0.717, 1.165) is 33.9 Å². The van der Waals surface area contributed by atoms with Gasteiger partial charge in [0.15, 0.2) is 0 Å². The van der Waals surface area contributed by atoms with Crippen molar-refractivity contribution in [3.8, 4) is 5.75 Å². The number of esters is 1. The summed E-state index contributed by atoms with van der Waals surface area (Å²) in [6.07, 6.45) is 2.58. The van der Waals surface area contributed by atoms with Crippen LogP contribution in [0.2, 0.25) is 0 Å². The van der Waals surface area contributed by atoms with Crippen molar-refractivity contribution in [1.82, 2.24) is 9.97 Å². The molecule has 170 valence electrons. The number of hydrogen-bond acceptors (Lipinski definition) is 9. The third kappa shape index (κ3) is 6.02. The molecule has 1 aromatic heterocycles. The Bertz CT molecular complexity index is 1030. The fourth-order valence-corrected chi connectivity index (χ4v) is 3.60. The number of carbonyl (C=O) groups is 1. The zero-order valence-corrected chi connectivity index (χ0v) is 19.4. The molecule has 3 N–H and O–H groups in total. The average molecular weight is 456 g/mol. The lowest BCUT2D eigenvalue weighted by Crippen LogP contribution is -2.33. The molecule has 0 amide bonds. The third-order valence-corrected chi connectivity index (χ3v) is 5.57. The first-order valence-electron chi connectivity index (χ1n) is 10.3. The summed E-state index contributed by atoms with van der Waals surface area (Å²) in [6.45, 7) is 0.566. The second kappa shape index (κ2) is 11.5. The summed E-state index contributed by atoms with van der Waals surface area (Å²) in [5.74, 6) is 2.45. The van der Waals surface area contributed by atoms with Crippen molar-refractivity contribution >= 4 is 46.1 Å². The number of benzene rings is 2. The van der Waals surface area contributed by atoms with E-state index in [9.17, 15) is 4.79 Å². The van der Waals surface area contributed by atoms with Crippen molar-refractivity contribution < 1.29 is 14.3 Å². The van der Waals surface area contributed by atoms with Crippen LogP contribution >= 0.6 is 11.8 Å². The van der Waals surface area contributed by atoms with Crippen LogP contribution in [0.15, 0.2) is 48.5 Å². The molecule has 1 atom stereocenters. The second-order valence-corrected chi connectivity index (χ2v) is 8.11. The van der Waals surface area contributed by atoms with E-state index in [1.165, 1.54) is 0 Å². The van der Waals surface area contributed by atoms with Gasteiger partial charge in [-0.25, -0.2) is 4.98 Å². The van der Waals surface area contributed by atoms with Gasteiger partial charge in [-0.3, -0.25) is 4.79 Å². The number of methoxy groups -OCH3 is 1. The first kappa shape index (κ1) is 23.6. The standard InChI is InChI=1S/C23H29N5O3S/c1-28(16-8-10-17(30-2)11-9-16)21-18-6-4-5-7-20(18)26-23(27-21)25-13-14-31-22(29)19(24)12-15-32-3/h4-11,19H,12-15,24H2,1-3H3,(H,25,26,27). The number of anilines is 3. The number of aromatic nitrogens is 2.